The molecule has 1 unspecified atom stereocenters. The first kappa shape index (κ1) is 24.1. The summed E-state index contributed by atoms with van der Waals surface area (Å²) in [6, 6.07) is 1.57. The number of carbonyl (C=O) groups is 1. The normalized spacial score (nSPS) is 11.6. The van der Waals surface area contributed by atoms with Crippen LogP contribution in [0.5, 0.6) is 0 Å². The Morgan fingerprint density at radius 2 is 1.88 bits per heavy atom. The van der Waals surface area contributed by atoms with Crippen LogP contribution in [0.3, 0.4) is 0 Å². The van der Waals surface area contributed by atoms with Crippen molar-refractivity contribution in [3.63, 3.8) is 0 Å². The van der Waals surface area contributed by atoms with Crippen LogP contribution in [0.15, 0.2) is 15.7 Å². The Balaban J connectivity index is 0.00000312. The number of H-pyrrole nitrogens is 2. The van der Waals surface area contributed by atoms with Gasteiger partial charge in [-0.1, -0.05) is 13.8 Å². The van der Waals surface area contributed by atoms with Gasteiger partial charge in [-0.25, -0.2) is 9.78 Å². The Morgan fingerprint density at radius 3 is 2.46 bits per heavy atom. The molecule has 26 heavy (non-hydrogen) atoms. The zero-order valence-corrected chi connectivity index (χ0v) is 16.8. The largest absolute Gasteiger partial charge is 0.340 e. The minimum atomic E-state index is -0.653. The number of nitrogens with one attached hydrogen (secondary N) is 2. The molecule has 0 saturated heterocycles. The number of aromatic amines is 2. The molecule has 0 aliphatic heterocycles. The van der Waals surface area contributed by atoms with Crippen LogP contribution in [-0.2, 0) is 0 Å². The van der Waals surface area contributed by atoms with E-state index in [1.807, 2.05) is 13.8 Å². The summed E-state index contributed by atoms with van der Waals surface area (Å²) in [5.41, 5.74) is 5.70. The van der Waals surface area contributed by atoms with E-state index in [1.54, 1.807) is 24.9 Å². The van der Waals surface area contributed by atoms with E-state index >= 15 is 0 Å². The number of aromatic nitrogens is 3. The molecule has 0 fully saturated rings. The summed E-state index contributed by atoms with van der Waals surface area (Å²) in [6.45, 7) is 6.27. The fraction of sp³-hybridized carbons (Fsp3) is 0.500. The lowest BCUT2D eigenvalue weighted by Crippen LogP contribution is -2.35. The van der Waals surface area contributed by atoms with Crippen molar-refractivity contribution in [1.29, 1.82) is 0 Å². The Hall–Kier alpha value is -1.90. The highest BCUT2D eigenvalue weighted by Gasteiger charge is 2.18. The van der Waals surface area contributed by atoms with Crippen LogP contribution >= 0.6 is 24.8 Å². The first-order valence-corrected chi connectivity index (χ1v) is 7.85. The molecule has 146 valence electrons. The number of halogens is 2. The molecule has 0 saturated carbocycles. The van der Waals surface area contributed by atoms with Crippen molar-refractivity contribution in [2.24, 2.45) is 11.7 Å². The summed E-state index contributed by atoms with van der Waals surface area (Å²) < 4.78 is 0. The molecule has 4 N–H and O–H groups in total. The average molecular weight is 406 g/mol. The van der Waals surface area contributed by atoms with Crippen LogP contribution in [-0.4, -0.2) is 45.4 Å². The quantitative estimate of drug-likeness (QED) is 0.688. The number of pyridine rings is 1. The van der Waals surface area contributed by atoms with Crippen molar-refractivity contribution in [3.05, 3.63) is 38.2 Å². The molecule has 8 nitrogen and oxygen atoms in total. The molecule has 0 spiro atoms. The summed E-state index contributed by atoms with van der Waals surface area (Å²) in [7, 11) is 1.68. The van der Waals surface area contributed by atoms with Gasteiger partial charge < -0.3 is 10.6 Å². The maximum absolute atomic E-state index is 12.5. The lowest BCUT2D eigenvalue weighted by Gasteiger charge is -2.21. The number of nitrogens with zero attached hydrogens (tertiary/aromatic N) is 2. The van der Waals surface area contributed by atoms with E-state index in [0.29, 0.717) is 24.4 Å². The molecule has 0 aliphatic rings. The van der Waals surface area contributed by atoms with Gasteiger partial charge in [0.05, 0.1) is 5.39 Å². The number of rotatable bonds is 5. The highest BCUT2D eigenvalue weighted by molar-refractivity contribution is 5.95. The summed E-state index contributed by atoms with van der Waals surface area (Å²) in [4.78, 5) is 46.1. The third-order valence-electron chi connectivity index (χ3n) is 4.12. The van der Waals surface area contributed by atoms with Gasteiger partial charge in [-0.2, -0.15) is 0 Å². The van der Waals surface area contributed by atoms with Gasteiger partial charge in [0.15, 0.2) is 0 Å². The zero-order chi connectivity index (χ0) is 18.0. The van der Waals surface area contributed by atoms with Crippen LogP contribution in [0.4, 0.5) is 0 Å². The van der Waals surface area contributed by atoms with E-state index in [-0.39, 0.29) is 53.5 Å². The van der Waals surface area contributed by atoms with E-state index in [2.05, 4.69) is 15.0 Å². The third kappa shape index (κ3) is 5.30. The Labute approximate surface area is 163 Å². The molecule has 1 atom stereocenters. The van der Waals surface area contributed by atoms with Gasteiger partial charge in [0.2, 0.25) is 0 Å². The van der Waals surface area contributed by atoms with Crippen molar-refractivity contribution in [1.82, 2.24) is 19.9 Å². The van der Waals surface area contributed by atoms with Crippen molar-refractivity contribution >= 4 is 41.8 Å². The fourth-order valence-electron chi connectivity index (χ4n) is 2.44. The maximum Gasteiger partial charge on any atom is 0.327 e. The number of nitrogens with two attached hydrogens (primary N) is 1. The summed E-state index contributed by atoms with van der Waals surface area (Å²) in [5, 5.41) is 0.274. The fourth-order valence-corrected chi connectivity index (χ4v) is 2.44. The topological polar surface area (TPSA) is 125 Å². The van der Waals surface area contributed by atoms with Crippen molar-refractivity contribution in [2.45, 2.75) is 33.2 Å². The Morgan fingerprint density at radius 1 is 1.27 bits per heavy atom. The van der Waals surface area contributed by atoms with Gasteiger partial charge in [-0.15, -0.1) is 24.8 Å². The van der Waals surface area contributed by atoms with Gasteiger partial charge in [-0.05, 0) is 30.9 Å². The third-order valence-corrected chi connectivity index (χ3v) is 4.12. The van der Waals surface area contributed by atoms with E-state index in [0.717, 1.165) is 0 Å². The second-order valence-corrected chi connectivity index (χ2v) is 6.38. The van der Waals surface area contributed by atoms with Gasteiger partial charge in [-0.3, -0.25) is 19.6 Å². The van der Waals surface area contributed by atoms with Crippen molar-refractivity contribution in [2.75, 3.05) is 13.6 Å². The molecule has 2 aromatic rings. The molecule has 0 aliphatic carbocycles. The first-order chi connectivity index (χ1) is 11.2. The smallest absolute Gasteiger partial charge is 0.327 e. The predicted octanol–water partition coefficient (Wildman–Crippen LogP) is 1.21. The highest BCUT2D eigenvalue weighted by atomic mass is 35.5. The molecular weight excluding hydrogens is 381 g/mol. The van der Waals surface area contributed by atoms with Crippen LogP contribution in [0.25, 0.3) is 11.0 Å². The van der Waals surface area contributed by atoms with E-state index in [9.17, 15) is 14.4 Å². The Bertz CT molecular complexity index is 878. The molecule has 2 rings (SSSR count). The molecule has 2 aromatic heterocycles. The second kappa shape index (κ2) is 9.70. The highest BCUT2D eigenvalue weighted by Crippen LogP contribution is 2.13. The monoisotopic (exact) mass is 405 g/mol. The SMILES string of the molecule is Cc1cc(C(=O)N(C)CCC(N)C(C)C)nc2[nH]c(=O)[nH]c(=O)c12.Cl.Cl. The molecular formula is C16H25Cl2N5O3. The number of amides is 1. The molecule has 0 radical (unpaired) electrons. The number of fused-ring (bicyclic) bond motifs is 1. The minimum Gasteiger partial charge on any atom is -0.340 e. The second-order valence-electron chi connectivity index (χ2n) is 6.38. The lowest BCUT2D eigenvalue weighted by molar-refractivity contribution is 0.0783. The molecule has 10 heteroatoms. The predicted molar refractivity (Wildman–Crippen MR) is 107 cm³/mol. The number of hydrogen-bond acceptors (Lipinski definition) is 5. The summed E-state index contributed by atoms with van der Waals surface area (Å²) in [6.07, 6.45) is 0.684. The lowest BCUT2D eigenvalue weighted by atomic mass is 10.0. The van der Waals surface area contributed by atoms with E-state index < -0.39 is 11.2 Å². The molecule has 0 bridgehead atoms. The summed E-state index contributed by atoms with van der Waals surface area (Å²) >= 11 is 0. The van der Waals surface area contributed by atoms with Crippen molar-refractivity contribution < 1.29 is 4.79 Å². The van der Waals surface area contributed by atoms with Gasteiger partial charge in [0, 0.05) is 19.6 Å². The van der Waals surface area contributed by atoms with Crippen LogP contribution in [0.1, 0.15) is 36.3 Å². The molecule has 2 heterocycles. The molecule has 1 amide bonds. The standard InChI is InChI=1S/C16H23N5O3.2ClH/c1-8(2)10(17)5-6-21(4)15(23)11-7-9(3)12-13(18-11)19-16(24)20-14(12)22;;/h7-8,10H,5-6,17H2,1-4H3,(H2,18,19,20,22,24);2*1H. The van der Waals surface area contributed by atoms with Crippen molar-refractivity contribution in [3.8, 4) is 0 Å². The van der Waals surface area contributed by atoms with Crippen LogP contribution < -0.4 is 17.0 Å². The summed E-state index contributed by atoms with van der Waals surface area (Å²) in [5.74, 6) is 0.0587. The van der Waals surface area contributed by atoms with Crippen LogP contribution in [0, 0.1) is 12.8 Å². The number of hydrogen-bond donors (Lipinski definition) is 3. The van der Waals surface area contributed by atoms with Crippen LogP contribution in [0.2, 0.25) is 0 Å². The zero-order valence-electron chi connectivity index (χ0n) is 15.2. The van der Waals surface area contributed by atoms with Gasteiger partial charge in [0.25, 0.3) is 11.5 Å². The maximum atomic E-state index is 12.5. The first-order valence-electron chi connectivity index (χ1n) is 7.85. The van der Waals surface area contributed by atoms with Gasteiger partial charge >= 0.3 is 5.69 Å². The Kier molecular flexibility index (Phi) is 8.99. The van der Waals surface area contributed by atoms with E-state index in [4.69, 9.17) is 5.73 Å². The number of carbonyl (C=O) groups excluding carboxylic acids is 1. The average Bonchev–Trinajstić information content (AvgIpc) is 2.49. The van der Waals surface area contributed by atoms with E-state index in [1.165, 1.54) is 0 Å². The minimum absolute atomic E-state index is 0. The number of aryl methyl sites for hydroxylation is 1. The van der Waals surface area contributed by atoms with Gasteiger partial charge in [0.1, 0.15) is 11.3 Å². The molecule has 0 aromatic carbocycles.